The van der Waals surface area contributed by atoms with Crippen LogP contribution in [0.5, 0.6) is 11.5 Å². The van der Waals surface area contributed by atoms with Crippen LogP contribution in [0.4, 0.5) is 10.1 Å². The SMILES string of the molecule is CC=Cc1ccc(OCC(=O)N2CCN(CC(=O)Nc3ccc(F)cc3)CC2)c(OC)c1. The van der Waals surface area contributed by atoms with Gasteiger partial charge in [0.25, 0.3) is 5.91 Å². The molecule has 2 aromatic rings. The van der Waals surface area contributed by atoms with Gasteiger partial charge in [-0.05, 0) is 48.9 Å². The number of hydrogen-bond donors (Lipinski definition) is 1. The van der Waals surface area contributed by atoms with Gasteiger partial charge in [0.2, 0.25) is 5.91 Å². The molecule has 170 valence electrons. The highest BCUT2D eigenvalue weighted by molar-refractivity contribution is 5.92. The molecule has 1 saturated heterocycles. The summed E-state index contributed by atoms with van der Waals surface area (Å²) in [5.41, 5.74) is 1.54. The molecule has 2 aromatic carbocycles. The summed E-state index contributed by atoms with van der Waals surface area (Å²) in [6.45, 7) is 4.28. The summed E-state index contributed by atoms with van der Waals surface area (Å²) >= 11 is 0. The predicted octanol–water partition coefficient (Wildman–Crippen LogP) is 3.03. The molecule has 0 atom stereocenters. The van der Waals surface area contributed by atoms with Gasteiger partial charge in [-0.1, -0.05) is 18.2 Å². The van der Waals surface area contributed by atoms with Crippen LogP contribution in [0.15, 0.2) is 48.5 Å². The normalized spacial score (nSPS) is 14.4. The Kier molecular flexibility index (Phi) is 8.21. The molecule has 1 heterocycles. The Balaban J connectivity index is 1.43. The largest absolute Gasteiger partial charge is 0.493 e. The number of carbonyl (C=O) groups excluding carboxylic acids is 2. The molecule has 0 radical (unpaired) electrons. The Labute approximate surface area is 187 Å². The first-order valence-electron chi connectivity index (χ1n) is 10.5. The summed E-state index contributed by atoms with van der Waals surface area (Å²) in [4.78, 5) is 28.5. The molecule has 1 aliphatic heterocycles. The number of rotatable bonds is 8. The van der Waals surface area contributed by atoms with E-state index in [1.165, 1.54) is 24.3 Å². The first-order valence-corrected chi connectivity index (χ1v) is 10.5. The number of benzene rings is 2. The van der Waals surface area contributed by atoms with E-state index in [2.05, 4.69) is 5.32 Å². The molecule has 7 nitrogen and oxygen atoms in total. The number of halogens is 1. The van der Waals surface area contributed by atoms with Crippen molar-refractivity contribution >= 4 is 23.6 Å². The van der Waals surface area contributed by atoms with Crippen molar-refractivity contribution in [3.05, 3.63) is 59.9 Å². The van der Waals surface area contributed by atoms with E-state index in [1.807, 2.05) is 36.1 Å². The van der Waals surface area contributed by atoms with Gasteiger partial charge in [-0.25, -0.2) is 4.39 Å². The number of ether oxygens (including phenoxy) is 2. The minimum absolute atomic E-state index is 0.0790. The van der Waals surface area contributed by atoms with Crippen molar-refractivity contribution in [3.63, 3.8) is 0 Å². The van der Waals surface area contributed by atoms with E-state index in [0.717, 1.165) is 5.56 Å². The first kappa shape index (κ1) is 23.3. The zero-order chi connectivity index (χ0) is 22.9. The van der Waals surface area contributed by atoms with Crippen LogP contribution in [-0.2, 0) is 9.59 Å². The van der Waals surface area contributed by atoms with Gasteiger partial charge in [0.05, 0.1) is 13.7 Å². The van der Waals surface area contributed by atoms with Crippen LogP contribution in [0.25, 0.3) is 6.08 Å². The lowest BCUT2D eigenvalue weighted by Crippen LogP contribution is -2.51. The number of carbonyl (C=O) groups is 2. The van der Waals surface area contributed by atoms with E-state index in [4.69, 9.17) is 9.47 Å². The van der Waals surface area contributed by atoms with Crippen molar-refractivity contribution in [2.24, 2.45) is 0 Å². The molecule has 0 aliphatic carbocycles. The van der Waals surface area contributed by atoms with E-state index in [-0.39, 0.29) is 30.8 Å². The molecule has 2 amide bonds. The molecule has 8 heteroatoms. The number of nitrogens with one attached hydrogen (secondary N) is 1. The maximum absolute atomic E-state index is 13.0. The second kappa shape index (κ2) is 11.3. The number of allylic oxidation sites excluding steroid dienone is 1. The van der Waals surface area contributed by atoms with Crippen molar-refractivity contribution in [3.8, 4) is 11.5 Å². The van der Waals surface area contributed by atoms with Gasteiger partial charge < -0.3 is 19.7 Å². The Morgan fingerprint density at radius 2 is 1.78 bits per heavy atom. The van der Waals surface area contributed by atoms with Crippen LogP contribution in [0, 0.1) is 5.82 Å². The molecular formula is C24H28FN3O4. The zero-order valence-electron chi connectivity index (χ0n) is 18.3. The monoisotopic (exact) mass is 441 g/mol. The number of methoxy groups -OCH3 is 1. The van der Waals surface area contributed by atoms with E-state index < -0.39 is 0 Å². The lowest BCUT2D eigenvalue weighted by Gasteiger charge is -2.34. The molecule has 0 saturated carbocycles. The number of amides is 2. The molecule has 3 rings (SSSR count). The molecule has 0 aromatic heterocycles. The summed E-state index contributed by atoms with van der Waals surface area (Å²) in [6.07, 6.45) is 3.89. The van der Waals surface area contributed by atoms with Crippen LogP contribution in [0.1, 0.15) is 12.5 Å². The molecule has 1 N–H and O–H groups in total. The number of anilines is 1. The number of piperazine rings is 1. The highest BCUT2D eigenvalue weighted by atomic mass is 19.1. The van der Waals surface area contributed by atoms with Crippen LogP contribution in [0.3, 0.4) is 0 Å². The predicted molar refractivity (Wildman–Crippen MR) is 121 cm³/mol. The van der Waals surface area contributed by atoms with Crippen LogP contribution in [-0.4, -0.2) is 68.1 Å². The van der Waals surface area contributed by atoms with Gasteiger partial charge in [0.15, 0.2) is 18.1 Å². The topological polar surface area (TPSA) is 71.1 Å². The highest BCUT2D eigenvalue weighted by Crippen LogP contribution is 2.28. The van der Waals surface area contributed by atoms with Crippen molar-refractivity contribution in [1.29, 1.82) is 0 Å². The van der Waals surface area contributed by atoms with Crippen molar-refractivity contribution in [2.75, 3.05) is 51.8 Å². The summed E-state index contributed by atoms with van der Waals surface area (Å²) < 4.78 is 24.0. The molecule has 1 fully saturated rings. The fourth-order valence-corrected chi connectivity index (χ4v) is 3.42. The molecule has 0 unspecified atom stereocenters. The van der Waals surface area contributed by atoms with Crippen LogP contribution in [0.2, 0.25) is 0 Å². The van der Waals surface area contributed by atoms with Gasteiger partial charge in [-0.15, -0.1) is 0 Å². The van der Waals surface area contributed by atoms with Crippen molar-refractivity contribution in [2.45, 2.75) is 6.92 Å². The van der Waals surface area contributed by atoms with Gasteiger partial charge in [0.1, 0.15) is 5.82 Å². The molecule has 32 heavy (non-hydrogen) atoms. The lowest BCUT2D eigenvalue weighted by atomic mass is 10.2. The first-order chi connectivity index (χ1) is 15.5. The number of hydrogen-bond acceptors (Lipinski definition) is 5. The fourth-order valence-electron chi connectivity index (χ4n) is 3.42. The molecule has 1 aliphatic rings. The van der Waals surface area contributed by atoms with Crippen LogP contribution < -0.4 is 14.8 Å². The maximum atomic E-state index is 13.0. The van der Waals surface area contributed by atoms with E-state index in [0.29, 0.717) is 43.4 Å². The van der Waals surface area contributed by atoms with Gasteiger partial charge in [0, 0.05) is 31.9 Å². The Morgan fingerprint density at radius 3 is 2.44 bits per heavy atom. The molecule has 0 spiro atoms. The second-order valence-corrected chi connectivity index (χ2v) is 7.41. The average Bonchev–Trinajstić information content (AvgIpc) is 2.80. The maximum Gasteiger partial charge on any atom is 0.260 e. The van der Waals surface area contributed by atoms with Crippen molar-refractivity contribution < 1.29 is 23.5 Å². The highest BCUT2D eigenvalue weighted by Gasteiger charge is 2.23. The van der Waals surface area contributed by atoms with E-state index in [9.17, 15) is 14.0 Å². The molecule has 0 bridgehead atoms. The Bertz CT molecular complexity index is 954. The second-order valence-electron chi connectivity index (χ2n) is 7.41. The third-order valence-electron chi connectivity index (χ3n) is 5.12. The number of nitrogens with zero attached hydrogens (tertiary/aromatic N) is 2. The lowest BCUT2D eigenvalue weighted by molar-refractivity contribution is -0.135. The van der Waals surface area contributed by atoms with Crippen LogP contribution >= 0.6 is 0 Å². The third kappa shape index (κ3) is 6.55. The van der Waals surface area contributed by atoms with Gasteiger partial charge in [-0.2, -0.15) is 0 Å². The minimum Gasteiger partial charge on any atom is -0.493 e. The standard InChI is InChI=1S/C24H28FN3O4/c1-3-4-18-5-10-21(22(15-18)31-2)32-17-24(30)28-13-11-27(12-14-28)16-23(29)26-20-8-6-19(25)7-9-20/h3-10,15H,11-14,16-17H2,1-2H3,(H,26,29). The minimum atomic E-state index is -0.350. The Morgan fingerprint density at radius 1 is 1.06 bits per heavy atom. The summed E-state index contributed by atoms with van der Waals surface area (Å²) in [5, 5.41) is 2.75. The summed E-state index contributed by atoms with van der Waals surface area (Å²) in [7, 11) is 1.56. The van der Waals surface area contributed by atoms with Gasteiger partial charge in [-0.3, -0.25) is 14.5 Å². The van der Waals surface area contributed by atoms with Gasteiger partial charge >= 0.3 is 0 Å². The quantitative estimate of drug-likeness (QED) is 0.682. The van der Waals surface area contributed by atoms with E-state index >= 15 is 0 Å². The van der Waals surface area contributed by atoms with E-state index in [1.54, 1.807) is 18.1 Å². The summed E-state index contributed by atoms with van der Waals surface area (Å²) in [5.74, 6) is 0.459. The van der Waals surface area contributed by atoms with Crippen molar-refractivity contribution in [1.82, 2.24) is 9.80 Å². The summed E-state index contributed by atoms with van der Waals surface area (Å²) in [6, 6.07) is 11.2. The average molecular weight is 442 g/mol. The fraction of sp³-hybridized carbons (Fsp3) is 0.333. The molecular weight excluding hydrogens is 413 g/mol. The third-order valence-corrected chi connectivity index (χ3v) is 5.12. The smallest absolute Gasteiger partial charge is 0.260 e. The Hall–Kier alpha value is -3.39. The zero-order valence-corrected chi connectivity index (χ0v) is 18.3.